The van der Waals surface area contributed by atoms with Gasteiger partial charge in [0.15, 0.2) is 9.84 Å². The van der Waals surface area contributed by atoms with Crippen molar-refractivity contribution in [3.05, 3.63) is 58.4 Å². The van der Waals surface area contributed by atoms with Crippen LogP contribution in [0.2, 0.25) is 0 Å². The van der Waals surface area contributed by atoms with Gasteiger partial charge in [0.1, 0.15) is 27.9 Å². The van der Waals surface area contributed by atoms with Gasteiger partial charge < -0.3 is 15.8 Å². The first-order valence-corrected chi connectivity index (χ1v) is 11.6. The van der Waals surface area contributed by atoms with Crippen LogP contribution in [0.15, 0.2) is 35.5 Å². The molecule has 1 aromatic heterocycles. The van der Waals surface area contributed by atoms with Crippen LogP contribution in [-0.2, 0) is 26.7 Å². The van der Waals surface area contributed by atoms with Crippen molar-refractivity contribution in [1.29, 1.82) is 5.26 Å². The molecular weight excluding hydrogens is 430 g/mol. The summed E-state index contributed by atoms with van der Waals surface area (Å²) in [5, 5.41) is 11.8. The van der Waals surface area contributed by atoms with Crippen LogP contribution in [0.25, 0.3) is 0 Å². The molecule has 9 nitrogen and oxygen atoms in total. The number of nitrogens with two attached hydrogens (primary N) is 1. The molecule has 0 fully saturated rings. The van der Waals surface area contributed by atoms with Gasteiger partial charge >= 0.3 is 0 Å². The highest BCUT2D eigenvalue weighted by molar-refractivity contribution is 7.93. The van der Waals surface area contributed by atoms with Crippen molar-refractivity contribution >= 4 is 27.3 Å². The summed E-state index contributed by atoms with van der Waals surface area (Å²) >= 11 is 0. The highest BCUT2D eigenvalue weighted by Crippen LogP contribution is 2.42. The molecule has 4 rings (SSSR count). The minimum absolute atomic E-state index is 0.0343. The number of pyridine rings is 1. The maximum Gasteiger partial charge on any atom is 0.274 e. The van der Waals surface area contributed by atoms with Crippen LogP contribution >= 0.6 is 0 Å². The Hall–Kier alpha value is -3.29. The average molecular weight is 454 g/mol. The third kappa shape index (κ3) is 3.43. The lowest BCUT2D eigenvalue weighted by Crippen LogP contribution is -2.57. The summed E-state index contributed by atoms with van der Waals surface area (Å²) < 4.78 is 30.4. The first-order valence-electron chi connectivity index (χ1n) is 9.96. The molecule has 166 valence electrons. The molecular formula is C22H23N5O4S. The Balaban J connectivity index is 1.73. The van der Waals surface area contributed by atoms with E-state index in [4.69, 9.17) is 15.7 Å². The second kappa shape index (κ2) is 7.39. The molecule has 1 aromatic carbocycles. The molecule has 3 heterocycles. The predicted octanol–water partition coefficient (Wildman–Crippen LogP) is 1.80. The number of hydrogen-bond acceptors (Lipinski definition) is 8. The monoisotopic (exact) mass is 453 g/mol. The first kappa shape index (κ1) is 21.9. The largest absolute Gasteiger partial charge is 0.386 e. The molecule has 2 aliphatic rings. The van der Waals surface area contributed by atoms with Gasteiger partial charge in [0.2, 0.25) is 0 Å². The van der Waals surface area contributed by atoms with E-state index in [1.165, 1.54) is 6.20 Å². The van der Waals surface area contributed by atoms with Crippen LogP contribution in [0, 0.1) is 18.3 Å². The number of hydrogen-bond donors (Lipinski definition) is 2. The van der Waals surface area contributed by atoms with Crippen molar-refractivity contribution in [3.63, 3.8) is 0 Å². The number of carbonyl (C=O) groups is 1. The number of rotatable bonds is 2. The zero-order valence-electron chi connectivity index (χ0n) is 18.0. The van der Waals surface area contributed by atoms with Gasteiger partial charge in [-0.1, -0.05) is 6.07 Å². The topological polar surface area (TPSA) is 148 Å². The van der Waals surface area contributed by atoms with Gasteiger partial charge in [-0.05, 0) is 55.7 Å². The van der Waals surface area contributed by atoms with Crippen molar-refractivity contribution in [3.8, 4) is 6.07 Å². The number of fused-ring (bicyclic) bond motifs is 2. The van der Waals surface area contributed by atoms with E-state index in [2.05, 4.69) is 15.3 Å². The van der Waals surface area contributed by atoms with Crippen LogP contribution in [0.1, 0.15) is 46.6 Å². The Labute approximate surface area is 186 Å². The van der Waals surface area contributed by atoms with Crippen LogP contribution in [-0.4, -0.2) is 42.3 Å². The average Bonchev–Trinajstić information content (AvgIpc) is 2.72. The van der Waals surface area contributed by atoms with E-state index >= 15 is 0 Å². The molecule has 0 bridgehead atoms. The van der Waals surface area contributed by atoms with Crippen molar-refractivity contribution < 1.29 is 17.9 Å². The van der Waals surface area contributed by atoms with Gasteiger partial charge in [-0.3, -0.25) is 9.79 Å². The lowest BCUT2D eigenvalue weighted by atomic mass is 9.86. The molecule has 1 unspecified atom stereocenters. The second-order valence-electron chi connectivity index (χ2n) is 8.62. The Kier molecular flexibility index (Phi) is 5.07. The summed E-state index contributed by atoms with van der Waals surface area (Å²) in [5.74, 6) is -0.644. The van der Waals surface area contributed by atoms with E-state index < -0.39 is 26.0 Å². The standard InChI is InChI=1S/C22H23N5O4S/c1-13-6-14(8-23)9-25-18(13)19(28)26-16-5-4-15-10-31-11-22(17(15)7-16)12-32(29,30)21(2,3)20(24)27-22/h4-7,9H,10-12H2,1-3H3,(H2,24,27)(H,26,28). The quantitative estimate of drug-likeness (QED) is 0.704. The zero-order chi connectivity index (χ0) is 23.3. The summed E-state index contributed by atoms with van der Waals surface area (Å²) in [6, 6.07) is 8.80. The third-order valence-corrected chi connectivity index (χ3v) is 8.67. The fourth-order valence-electron chi connectivity index (χ4n) is 3.95. The van der Waals surface area contributed by atoms with E-state index in [1.807, 2.05) is 6.07 Å². The summed E-state index contributed by atoms with van der Waals surface area (Å²) in [6.45, 7) is 5.17. The number of benzene rings is 1. The maximum atomic E-state index is 13.0. The fourth-order valence-corrected chi connectivity index (χ4v) is 5.61. The van der Waals surface area contributed by atoms with Crippen LogP contribution in [0.5, 0.6) is 0 Å². The smallest absolute Gasteiger partial charge is 0.274 e. The van der Waals surface area contributed by atoms with E-state index in [-0.39, 0.29) is 23.9 Å². The fraction of sp³-hybridized carbons (Fsp3) is 0.364. The molecule has 1 spiro atoms. The van der Waals surface area contributed by atoms with Gasteiger partial charge in [-0.2, -0.15) is 5.26 Å². The molecule has 3 N–H and O–H groups in total. The molecule has 2 aromatic rings. The van der Waals surface area contributed by atoms with E-state index in [1.54, 1.807) is 45.0 Å². The van der Waals surface area contributed by atoms with Gasteiger partial charge in [-0.15, -0.1) is 0 Å². The number of carbonyl (C=O) groups excluding carboxylic acids is 1. The third-order valence-electron chi connectivity index (χ3n) is 6.05. The number of nitrogens with zero attached hydrogens (tertiary/aromatic N) is 3. The minimum atomic E-state index is -3.61. The summed E-state index contributed by atoms with van der Waals surface area (Å²) in [7, 11) is -3.61. The number of aromatic nitrogens is 1. The number of nitriles is 1. The van der Waals surface area contributed by atoms with E-state index in [0.717, 1.165) is 5.56 Å². The summed E-state index contributed by atoms with van der Waals surface area (Å²) in [5.41, 5.74) is 7.98. The Morgan fingerprint density at radius 3 is 2.72 bits per heavy atom. The van der Waals surface area contributed by atoms with Crippen LogP contribution in [0.3, 0.4) is 0 Å². The number of anilines is 1. The lowest BCUT2D eigenvalue weighted by molar-refractivity contribution is 0.0610. The van der Waals surface area contributed by atoms with Crippen molar-refractivity contribution in [1.82, 2.24) is 4.98 Å². The summed E-state index contributed by atoms with van der Waals surface area (Å²) in [6.07, 6.45) is 1.34. The SMILES string of the molecule is Cc1cc(C#N)cnc1C(=O)Nc1ccc2c(c1)C1(COC2)CS(=O)(=O)C(C)(C)C(N)=N1. The van der Waals surface area contributed by atoms with Crippen LogP contribution < -0.4 is 11.1 Å². The van der Waals surface area contributed by atoms with Crippen molar-refractivity contribution in [2.75, 3.05) is 17.7 Å². The molecule has 32 heavy (non-hydrogen) atoms. The first-order chi connectivity index (χ1) is 15.0. The normalized spacial score (nSPS) is 23.0. The summed E-state index contributed by atoms with van der Waals surface area (Å²) in [4.78, 5) is 21.5. The van der Waals surface area contributed by atoms with Gasteiger partial charge in [0.05, 0.1) is 24.5 Å². The molecule has 0 aliphatic carbocycles. The number of aryl methyl sites for hydroxylation is 1. The molecule has 1 atom stereocenters. The van der Waals surface area contributed by atoms with Crippen LogP contribution in [0.4, 0.5) is 5.69 Å². The number of aliphatic imine (C=N–C) groups is 1. The molecule has 10 heteroatoms. The molecule has 0 radical (unpaired) electrons. The predicted molar refractivity (Wildman–Crippen MR) is 119 cm³/mol. The number of amidine groups is 1. The van der Waals surface area contributed by atoms with E-state index in [9.17, 15) is 13.2 Å². The van der Waals surface area contributed by atoms with Gasteiger partial charge in [-0.25, -0.2) is 13.4 Å². The highest BCUT2D eigenvalue weighted by Gasteiger charge is 2.52. The highest BCUT2D eigenvalue weighted by atomic mass is 32.2. The van der Waals surface area contributed by atoms with Gasteiger partial charge in [0.25, 0.3) is 5.91 Å². The number of sulfone groups is 1. The Morgan fingerprint density at radius 2 is 2.06 bits per heavy atom. The Morgan fingerprint density at radius 1 is 1.31 bits per heavy atom. The minimum Gasteiger partial charge on any atom is -0.386 e. The maximum absolute atomic E-state index is 13.0. The second-order valence-corrected chi connectivity index (χ2v) is 11.2. The lowest BCUT2D eigenvalue weighted by Gasteiger charge is -2.42. The number of nitrogens with one attached hydrogen (secondary N) is 1. The zero-order valence-corrected chi connectivity index (χ0v) is 18.8. The molecule has 0 saturated heterocycles. The Bertz CT molecular complexity index is 1310. The molecule has 1 amide bonds. The number of amides is 1. The molecule has 2 aliphatic heterocycles. The van der Waals surface area contributed by atoms with Crippen molar-refractivity contribution in [2.24, 2.45) is 10.7 Å². The number of ether oxygens (including phenoxy) is 1. The van der Waals surface area contributed by atoms with Gasteiger partial charge in [0, 0.05) is 11.9 Å². The van der Waals surface area contributed by atoms with E-state index in [0.29, 0.717) is 29.0 Å². The molecule has 0 saturated carbocycles. The van der Waals surface area contributed by atoms with Crippen molar-refractivity contribution in [2.45, 2.75) is 37.7 Å².